The molecule has 2 aromatic heterocycles. The van der Waals surface area contributed by atoms with Gasteiger partial charge in [0.2, 0.25) is 22.8 Å². The minimum atomic E-state index is -1.28. The Morgan fingerprint density at radius 2 is 2.12 bits per heavy atom. The van der Waals surface area contributed by atoms with Crippen molar-refractivity contribution in [2.24, 2.45) is 5.16 Å². The van der Waals surface area contributed by atoms with E-state index in [0.717, 1.165) is 16.4 Å². The molecular formula is C23H28N10O7S3. The van der Waals surface area contributed by atoms with Gasteiger partial charge in [0.25, 0.3) is 11.8 Å². The van der Waals surface area contributed by atoms with Gasteiger partial charge in [-0.1, -0.05) is 23.0 Å². The lowest BCUT2D eigenvalue weighted by atomic mass is 10.0. The Kier molecular flexibility index (Phi) is 9.70. The van der Waals surface area contributed by atoms with Crippen LogP contribution in [0.4, 0.5) is 5.13 Å². The summed E-state index contributed by atoms with van der Waals surface area (Å²) < 4.78 is 10.8. The largest absolute Gasteiger partial charge is 0.477 e. The van der Waals surface area contributed by atoms with E-state index in [0.29, 0.717) is 17.3 Å². The predicted octanol–water partition coefficient (Wildman–Crippen LogP) is 0.275. The van der Waals surface area contributed by atoms with Gasteiger partial charge < -0.3 is 25.7 Å². The van der Waals surface area contributed by atoms with Gasteiger partial charge in [0.05, 0.1) is 6.54 Å². The Bertz CT molecular complexity index is 1500. The van der Waals surface area contributed by atoms with Gasteiger partial charge in [-0.15, -0.1) is 23.4 Å². The molecule has 20 heteroatoms. The molecule has 230 valence electrons. The fourth-order valence-electron chi connectivity index (χ4n) is 3.77. The number of β-lactam (4-membered cyclic amide) rings is 1. The second kappa shape index (κ2) is 13.1. The molecule has 2 unspecified atom stereocenters. The number of nitrogens with one attached hydrogen (secondary N) is 1. The molecule has 0 aromatic carbocycles. The lowest BCUT2D eigenvalue weighted by Gasteiger charge is -2.49. The van der Waals surface area contributed by atoms with E-state index in [2.05, 4.69) is 41.9 Å². The number of aromatic nitrogens is 6. The van der Waals surface area contributed by atoms with Crippen LogP contribution in [0, 0.1) is 0 Å². The molecule has 17 nitrogen and oxygen atoms in total. The van der Waals surface area contributed by atoms with Gasteiger partial charge in [-0.05, 0) is 43.7 Å². The number of rotatable bonds is 12. The third-order valence-corrected chi connectivity index (χ3v) is 8.55. The smallest absolute Gasteiger partial charge is 0.352 e. The second-order valence-electron chi connectivity index (χ2n) is 10.0. The number of nitrogen functional groups attached to an aromatic ring is 1. The maximum Gasteiger partial charge on any atom is 0.352 e. The van der Waals surface area contributed by atoms with Gasteiger partial charge in [-0.2, -0.15) is 9.36 Å². The SMILES string of the molecule is C=CCn1nnnc1SCC1=C(C(=O)O)N2C(=O)C(NC(=O)C(=NOC(C)C(=O)OC(C)(C)C)c3nsc(N)n3)[C@H]2SC1. The summed E-state index contributed by atoms with van der Waals surface area (Å²) in [4.78, 5) is 61.3. The van der Waals surface area contributed by atoms with E-state index in [-0.39, 0.29) is 28.2 Å². The highest BCUT2D eigenvalue weighted by atomic mass is 32.2. The number of thioether (sulfide) groups is 2. The molecule has 3 atom stereocenters. The zero-order chi connectivity index (χ0) is 31.5. The minimum absolute atomic E-state index is 0.0459. The van der Waals surface area contributed by atoms with Crippen LogP contribution in [-0.2, 0) is 35.3 Å². The van der Waals surface area contributed by atoms with Crippen LogP contribution >= 0.6 is 35.1 Å². The van der Waals surface area contributed by atoms with Gasteiger partial charge in [-0.3, -0.25) is 14.5 Å². The van der Waals surface area contributed by atoms with Crippen molar-refractivity contribution >= 4 is 69.7 Å². The molecular weight excluding hydrogens is 625 g/mol. The third-order valence-electron chi connectivity index (χ3n) is 5.62. The van der Waals surface area contributed by atoms with Crippen molar-refractivity contribution in [3.8, 4) is 0 Å². The van der Waals surface area contributed by atoms with E-state index < -0.39 is 52.6 Å². The standard InChI is InChI=1S/C23H28N10O7S3/c1-6-7-32-22(27-30-31-32)42-9-11-8-41-18-13(17(35)33(18)14(11)19(36)37)25-16(34)12(15-26-21(24)43-29-15)28-40-10(2)20(38)39-23(3,4)5/h6,10,13,18H,1,7-9H2,2-5H3,(H,25,34)(H,36,37)(H2,24,26,29)/t10?,13?,18-/m1/s1. The number of anilines is 1. The lowest BCUT2D eigenvalue weighted by molar-refractivity contribution is -0.167. The summed E-state index contributed by atoms with van der Waals surface area (Å²) in [5.41, 5.74) is 4.80. The Morgan fingerprint density at radius 1 is 1.37 bits per heavy atom. The topological polar surface area (TPSA) is 230 Å². The van der Waals surface area contributed by atoms with Crippen molar-refractivity contribution in [1.29, 1.82) is 0 Å². The number of carbonyl (C=O) groups is 4. The predicted molar refractivity (Wildman–Crippen MR) is 156 cm³/mol. The number of carboxylic acid groups (broad SMARTS) is 1. The van der Waals surface area contributed by atoms with Crippen LogP contribution in [0.1, 0.15) is 33.5 Å². The lowest BCUT2D eigenvalue weighted by Crippen LogP contribution is -2.71. The molecule has 4 heterocycles. The van der Waals surface area contributed by atoms with Crippen molar-refractivity contribution < 1.29 is 33.9 Å². The number of ether oxygens (including phenoxy) is 1. The van der Waals surface area contributed by atoms with E-state index >= 15 is 0 Å². The highest BCUT2D eigenvalue weighted by Gasteiger charge is 2.54. The molecule has 0 spiro atoms. The molecule has 0 aliphatic carbocycles. The van der Waals surface area contributed by atoms with Crippen molar-refractivity contribution in [2.45, 2.75) is 62.5 Å². The Morgan fingerprint density at radius 3 is 2.74 bits per heavy atom. The molecule has 2 amide bonds. The number of carbonyl (C=O) groups excluding carboxylic acids is 3. The van der Waals surface area contributed by atoms with Gasteiger partial charge in [0.15, 0.2) is 5.13 Å². The molecule has 0 radical (unpaired) electrons. The first kappa shape index (κ1) is 31.9. The fourth-order valence-corrected chi connectivity index (χ4v) is 6.57. The number of hydrogen-bond acceptors (Lipinski definition) is 16. The second-order valence-corrected chi connectivity index (χ2v) is 12.8. The normalized spacial score (nSPS) is 19.3. The molecule has 0 saturated carbocycles. The first-order valence-electron chi connectivity index (χ1n) is 12.6. The maximum atomic E-state index is 13.3. The summed E-state index contributed by atoms with van der Waals surface area (Å²) in [5.74, 6) is -3.19. The van der Waals surface area contributed by atoms with Crippen molar-refractivity contribution in [3.63, 3.8) is 0 Å². The molecule has 2 aliphatic rings. The summed E-state index contributed by atoms with van der Waals surface area (Å²) in [6.45, 7) is 10.5. The monoisotopic (exact) mass is 652 g/mol. The first-order chi connectivity index (χ1) is 20.3. The van der Waals surface area contributed by atoms with Crippen LogP contribution in [0.3, 0.4) is 0 Å². The van der Waals surface area contributed by atoms with E-state index in [4.69, 9.17) is 15.3 Å². The van der Waals surface area contributed by atoms with Crippen LogP contribution in [0.15, 0.2) is 34.2 Å². The summed E-state index contributed by atoms with van der Waals surface area (Å²) in [7, 11) is 0. The highest BCUT2D eigenvalue weighted by Crippen LogP contribution is 2.41. The van der Waals surface area contributed by atoms with Crippen LogP contribution in [0.5, 0.6) is 0 Å². The van der Waals surface area contributed by atoms with E-state index in [1.54, 1.807) is 26.8 Å². The number of carboxylic acids is 1. The van der Waals surface area contributed by atoms with Gasteiger partial charge in [0.1, 0.15) is 22.7 Å². The van der Waals surface area contributed by atoms with Crippen LogP contribution in [0.2, 0.25) is 0 Å². The number of aliphatic carboxylic acids is 1. The van der Waals surface area contributed by atoms with Crippen LogP contribution < -0.4 is 11.1 Å². The Hall–Kier alpha value is -4.04. The third kappa shape index (κ3) is 7.31. The Labute approximate surface area is 257 Å². The van der Waals surface area contributed by atoms with Crippen molar-refractivity contribution in [2.75, 3.05) is 17.2 Å². The number of tetrazole rings is 1. The average molecular weight is 653 g/mol. The maximum absolute atomic E-state index is 13.3. The van der Waals surface area contributed by atoms with Gasteiger partial charge >= 0.3 is 11.9 Å². The zero-order valence-electron chi connectivity index (χ0n) is 23.4. The molecule has 2 aliphatic heterocycles. The number of nitrogens with zero attached hydrogens (tertiary/aromatic N) is 8. The number of nitrogens with two attached hydrogens (primary N) is 1. The molecule has 43 heavy (non-hydrogen) atoms. The van der Waals surface area contributed by atoms with E-state index in [9.17, 15) is 24.3 Å². The number of allylic oxidation sites excluding steroid dienone is 1. The fraction of sp³-hybridized carbons (Fsp3) is 0.478. The zero-order valence-corrected chi connectivity index (χ0v) is 25.9. The van der Waals surface area contributed by atoms with Crippen molar-refractivity contribution in [3.05, 3.63) is 29.7 Å². The summed E-state index contributed by atoms with van der Waals surface area (Å²) >= 11 is 3.32. The molecule has 1 fully saturated rings. The summed E-state index contributed by atoms with van der Waals surface area (Å²) in [6, 6.07) is -1.08. The first-order valence-corrected chi connectivity index (χ1v) is 15.4. The van der Waals surface area contributed by atoms with Gasteiger partial charge in [-0.25, -0.2) is 14.3 Å². The van der Waals surface area contributed by atoms with Crippen LogP contribution in [0.25, 0.3) is 0 Å². The van der Waals surface area contributed by atoms with E-state index in [1.807, 2.05) is 0 Å². The average Bonchev–Trinajstić information content (AvgIpc) is 3.57. The number of hydrogen-bond donors (Lipinski definition) is 3. The van der Waals surface area contributed by atoms with Crippen LogP contribution in [-0.4, -0.2) is 104 Å². The molecule has 0 bridgehead atoms. The molecule has 4 rings (SSSR count). The van der Waals surface area contributed by atoms with Gasteiger partial charge in [0, 0.05) is 23.0 Å². The highest BCUT2D eigenvalue weighted by molar-refractivity contribution is 8.01. The van der Waals surface area contributed by atoms with Crippen molar-refractivity contribution in [1.82, 2.24) is 39.8 Å². The quantitative estimate of drug-likeness (QED) is 0.0698. The Balaban J connectivity index is 1.48. The number of amides is 2. The number of esters is 1. The summed E-state index contributed by atoms with van der Waals surface area (Å²) in [6.07, 6.45) is 0.438. The number of oxime groups is 1. The summed E-state index contributed by atoms with van der Waals surface area (Å²) in [5, 5.41) is 27.6. The molecule has 4 N–H and O–H groups in total. The van der Waals surface area contributed by atoms with E-state index in [1.165, 1.54) is 35.1 Å². The molecule has 1 saturated heterocycles. The minimum Gasteiger partial charge on any atom is -0.477 e. The molecule has 2 aromatic rings. The number of fused-ring (bicyclic) bond motifs is 1.